The molecule has 30 heavy (non-hydrogen) atoms. The average Bonchev–Trinajstić information content (AvgIpc) is 2.75. The zero-order valence-electron chi connectivity index (χ0n) is 16.9. The van der Waals surface area contributed by atoms with E-state index in [1.54, 1.807) is 23.9 Å². The van der Waals surface area contributed by atoms with Crippen LogP contribution in [0.5, 0.6) is 0 Å². The van der Waals surface area contributed by atoms with Crippen LogP contribution in [0.3, 0.4) is 0 Å². The minimum absolute atomic E-state index is 0.0826. The number of para-hydroxylation sites is 1. The van der Waals surface area contributed by atoms with Crippen molar-refractivity contribution in [2.75, 3.05) is 11.9 Å². The molecule has 0 bridgehead atoms. The Hall–Kier alpha value is -2.76. The molecule has 0 spiro atoms. The summed E-state index contributed by atoms with van der Waals surface area (Å²) in [6.07, 6.45) is 0. The lowest BCUT2D eigenvalue weighted by Gasteiger charge is -2.12. The van der Waals surface area contributed by atoms with Crippen molar-refractivity contribution in [2.24, 2.45) is 0 Å². The summed E-state index contributed by atoms with van der Waals surface area (Å²) in [7, 11) is 0. The number of thioether (sulfide) groups is 1. The van der Waals surface area contributed by atoms with E-state index >= 15 is 0 Å². The molecule has 0 aliphatic heterocycles. The second kappa shape index (κ2) is 10.3. The van der Waals surface area contributed by atoms with Gasteiger partial charge in [-0.05, 0) is 66.9 Å². The van der Waals surface area contributed by atoms with Gasteiger partial charge in [0.2, 0.25) is 5.91 Å². The number of aryl methyl sites for hydroxylation is 2. The number of amides is 2. The number of anilines is 1. The molecule has 3 rings (SSSR count). The summed E-state index contributed by atoms with van der Waals surface area (Å²) in [6, 6.07) is 20.9. The lowest BCUT2D eigenvalue weighted by Crippen LogP contribution is -2.33. The lowest BCUT2D eigenvalue weighted by atomic mass is 10.1. The van der Waals surface area contributed by atoms with Gasteiger partial charge in [-0.25, -0.2) is 0 Å². The van der Waals surface area contributed by atoms with E-state index in [-0.39, 0.29) is 18.4 Å². The predicted molar refractivity (Wildman–Crippen MR) is 124 cm³/mol. The molecule has 4 nitrogen and oxygen atoms in total. The van der Waals surface area contributed by atoms with Crippen molar-refractivity contribution >= 4 is 40.9 Å². The first-order valence-corrected chi connectivity index (χ1v) is 10.9. The molecule has 3 aromatic rings. The summed E-state index contributed by atoms with van der Waals surface area (Å²) in [5.41, 5.74) is 4.40. The highest BCUT2D eigenvalue weighted by molar-refractivity contribution is 7.98. The van der Waals surface area contributed by atoms with Crippen molar-refractivity contribution in [3.05, 3.63) is 94.0 Å². The average molecular weight is 439 g/mol. The molecule has 0 aliphatic rings. The number of nitrogens with one attached hydrogen (secondary N) is 2. The van der Waals surface area contributed by atoms with Crippen LogP contribution in [0.1, 0.15) is 27.0 Å². The first-order chi connectivity index (χ1) is 14.4. The first-order valence-electron chi connectivity index (χ1n) is 9.54. The molecule has 6 heteroatoms. The fourth-order valence-corrected chi connectivity index (χ4v) is 3.89. The molecule has 0 aliphatic carbocycles. The van der Waals surface area contributed by atoms with Crippen LogP contribution in [0, 0.1) is 13.8 Å². The van der Waals surface area contributed by atoms with E-state index in [0.29, 0.717) is 5.56 Å². The Balaban J connectivity index is 1.49. The lowest BCUT2D eigenvalue weighted by molar-refractivity contribution is -0.115. The van der Waals surface area contributed by atoms with Gasteiger partial charge in [0.05, 0.1) is 6.54 Å². The molecule has 0 atom stereocenters. The Kier molecular flexibility index (Phi) is 7.55. The number of halogens is 1. The number of hydrogen-bond acceptors (Lipinski definition) is 3. The van der Waals surface area contributed by atoms with Gasteiger partial charge in [0.15, 0.2) is 0 Å². The third kappa shape index (κ3) is 6.12. The second-order valence-corrected chi connectivity index (χ2v) is 8.42. The maximum atomic E-state index is 12.3. The molecule has 3 aromatic carbocycles. The van der Waals surface area contributed by atoms with Crippen molar-refractivity contribution in [3.8, 4) is 0 Å². The van der Waals surface area contributed by atoms with Crippen LogP contribution in [-0.4, -0.2) is 18.4 Å². The molecular weight excluding hydrogens is 416 g/mol. The quantitative estimate of drug-likeness (QED) is 0.471. The van der Waals surface area contributed by atoms with Crippen LogP contribution in [-0.2, 0) is 10.5 Å². The zero-order chi connectivity index (χ0) is 21.5. The highest BCUT2D eigenvalue weighted by Crippen LogP contribution is 2.24. The second-order valence-electron chi connectivity index (χ2n) is 6.94. The zero-order valence-corrected chi connectivity index (χ0v) is 18.4. The SMILES string of the molecule is Cc1cccc(C)c1NC(=O)CNC(=O)c1ccc(CSc2ccc(Cl)cc2)cc1. The molecule has 0 heterocycles. The molecule has 0 fully saturated rings. The number of rotatable bonds is 7. The maximum Gasteiger partial charge on any atom is 0.251 e. The fourth-order valence-electron chi connectivity index (χ4n) is 2.91. The molecule has 0 saturated heterocycles. The number of hydrogen-bond donors (Lipinski definition) is 2. The Bertz CT molecular complexity index is 1010. The van der Waals surface area contributed by atoms with Crippen molar-refractivity contribution in [2.45, 2.75) is 24.5 Å². The van der Waals surface area contributed by atoms with Gasteiger partial charge in [0.25, 0.3) is 5.91 Å². The van der Waals surface area contributed by atoms with Gasteiger partial charge in [-0.1, -0.05) is 41.9 Å². The van der Waals surface area contributed by atoms with Crippen LogP contribution in [0.25, 0.3) is 0 Å². The van der Waals surface area contributed by atoms with Gasteiger partial charge in [-0.2, -0.15) is 0 Å². The Labute approximate surface area is 186 Å². The molecule has 2 amide bonds. The summed E-state index contributed by atoms with van der Waals surface area (Å²) in [4.78, 5) is 25.7. The molecular formula is C24H23ClN2O2S. The standard InChI is InChI=1S/C24H23ClN2O2S/c1-16-4-3-5-17(2)23(16)27-22(28)14-26-24(29)19-8-6-18(7-9-19)15-30-21-12-10-20(25)11-13-21/h3-13H,14-15H2,1-2H3,(H,26,29)(H,27,28). The summed E-state index contributed by atoms with van der Waals surface area (Å²) in [5.74, 6) is 0.266. The molecule has 0 aromatic heterocycles. The van der Waals surface area contributed by atoms with Crippen molar-refractivity contribution in [3.63, 3.8) is 0 Å². The summed E-state index contributed by atoms with van der Waals surface area (Å²) in [5, 5.41) is 6.26. The van der Waals surface area contributed by atoms with Crippen LogP contribution >= 0.6 is 23.4 Å². The van der Waals surface area contributed by atoms with E-state index in [1.165, 1.54) is 0 Å². The fraction of sp³-hybridized carbons (Fsp3) is 0.167. The summed E-state index contributed by atoms with van der Waals surface area (Å²) in [6.45, 7) is 3.79. The molecule has 0 radical (unpaired) electrons. The highest BCUT2D eigenvalue weighted by Gasteiger charge is 2.10. The molecule has 2 N–H and O–H groups in total. The van der Waals surface area contributed by atoms with E-state index in [9.17, 15) is 9.59 Å². The van der Waals surface area contributed by atoms with E-state index in [4.69, 9.17) is 11.6 Å². The molecule has 154 valence electrons. The third-order valence-electron chi connectivity index (χ3n) is 4.59. The maximum absolute atomic E-state index is 12.3. The van der Waals surface area contributed by atoms with E-state index in [1.807, 2.05) is 68.4 Å². The van der Waals surface area contributed by atoms with Crippen molar-refractivity contribution in [1.29, 1.82) is 0 Å². The van der Waals surface area contributed by atoms with Crippen LogP contribution < -0.4 is 10.6 Å². The van der Waals surface area contributed by atoms with Crippen molar-refractivity contribution < 1.29 is 9.59 Å². The normalized spacial score (nSPS) is 10.5. The Morgan fingerprint density at radius 1 is 0.900 bits per heavy atom. The Morgan fingerprint density at radius 2 is 1.53 bits per heavy atom. The smallest absolute Gasteiger partial charge is 0.251 e. The van der Waals surface area contributed by atoms with E-state index < -0.39 is 0 Å². The Morgan fingerprint density at radius 3 is 2.17 bits per heavy atom. The van der Waals surface area contributed by atoms with Crippen molar-refractivity contribution in [1.82, 2.24) is 5.32 Å². The minimum Gasteiger partial charge on any atom is -0.343 e. The number of carbonyl (C=O) groups is 2. The third-order valence-corrected chi connectivity index (χ3v) is 5.93. The van der Waals surface area contributed by atoms with Gasteiger partial charge in [-0.3, -0.25) is 9.59 Å². The van der Waals surface area contributed by atoms with Gasteiger partial charge >= 0.3 is 0 Å². The van der Waals surface area contributed by atoms with Gasteiger partial charge in [-0.15, -0.1) is 11.8 Å². The molecule has 0 unspecified atom stereocenters. The predicted octanol–water partition coefficient (Wildman–Crippen LogP) is 5.62. The topological polar surface area (TPSA) is 58.2 Å². The van der Waals surface area contributed by atoms with Gasteiger partial charge in [0.1, 0.15) is 0 Å². The minimum atomic E-state index is -0.274. The van der Waals surface area contributed by atoms with Crippen LogP contribution in [0.15, 0.2) is 71.6 Å². The van der Waals surface area contributed by atoms with Gasteiger partial charge < -0.3 is 10.6 Å². The monoisotopic (exact) mass is 438 g/mol. The summed E-state index contributed by atoms with van der Waals surface area (Å²) >= 11 is 7.60. The van der Waals surface area contributed by atoms with E-state index in [2.05, 4.69) is 10.6 Å². The number of benzene rings is 3. The largest absolute Gasteiger partial charge is 0.343 e. The van der Waals surface area contributed by atoms with E-state index in [0.717, 1.165) is 38.0 Å². The highest BCUT2D eigenvalue weighted by atomic mass is 35.5. The number of carbonyl (C=O) groups excluding carboxylic acids is 2. The first kappa shape index (κ1) is 21.9. The summed E-state index contributed by atoms with van der Waals surface area (Å²) < 4.78 is 0. The molecule has 0 saturated carbocycles. The van der Waals surface area contributed by atoms with Gasteiger partial charge in [0, 0.05) is 26.9 Å². The van der Waals surface area contributed by atoms with Crippen LogP contribution in [0.2, 0.25) is 5.02 Å². The van der Waals surface area contributed by atoms with Crippen LogP contribution in [0.4, 0.5) is 5.69 Å².